The monoisotopic (exact) mass is 311 g/mol. The summed E-state index contributed by atoms with van der Waals surface area (Å²) in [6, 6.07) is 3.02. The van der Waals surface area contributed by atoms with Crippen LogP contribution in [0, 0.1) is 0 Å². The summed E-state index contributed by atoms with van der Waals surface area (Å²) in [6.07, 6.45) is 1.10. The molecule has 2 aliphatic heterocycles. The quantitative estimate of drug-likeness (QED) is 0.905. The van der Waals surface area contributed by atoms with Crippen molar-refractivity contribution in [3.8, 4) is 11.5 Å². The molecule has 21 heavy (non-hydrogen) atoms. The van der Waals surface area contributed by atoms with Crippen molar-refractivity contribution in [1.29, 1.82) is 0 Å². The summed E-state index contributed by atoms with van der Waals surface area (Å²) >= 11 is 6.07. The van der Waals surface area contributed by atoms with Crippen LogP contribution in [0.1, 0.15) is 30.1 Å². The molecule has 6 nitrogen and oxygen atoms in total. The van der Waals surface area contributed by atoms with Crippen LogP contribution < -0.4 is 9.47 Å². The van der Waals surface area contributed by atoms with Gasteiger partial charge in [0.1, 0.15) is 5.54 Å². The number of carboxylic acid groups (broad SMARTS) is 1. The maximum absolute atomic E-state index is 12.6. The third-order valence-electron chi connectivity index (χ3n) is 4.02. The minimum absolute atomic E-state index is 0.0588. The minimum atomic E-state index is -1.18. The van der Waals surface area contributed by atoms with Crippen LogP contribution in [0.5, 0.6) is 11.5 Å². The fraction of sp³-hybridized carbons (Fsp3) is 0.429. The number of benzene rings is 1. The molecule has 1 aromatic carbocycles. The number of hydrogen-bond donors (Lipinski definition) is 1. The molecule has 1 amide bonds. The highest BCUT2D eigenvalue weighted by Crippen LogP contribution is 2.41. The predicted octanol–water partition coefficient (Wildman–Crippen LogP) is 2.15. The zero-order valence-corrected chi connectivity index (χ0v) is 12.1. The number of carbonyl (C=O) groups excluding carboxylic acids is 1. The Labute approximate surface area is 126 Å². The van der Waals surface area contributed by atoms with Crippen molar-refractivity contribution in [3.63, 3.8) is 0 Å². The normalized spacial score (nSPS) is 23.4. The van der Waals surface area contributed by atoms with Crippen LogP contribution in [0.4, 0.5) is 0 Å². The van der Waals surface area contributed by atoms with Gasteiger partial charge in [0.25, 0.3) is 5.91 Å². The van der Waals surface area contributed by atoms with Crippen LogP contribution in [0.3, 0.4) is 0 Å². The molecule has 0 saturated carbocycles. The lowest BCUT2D eigenvalue weighted by Gasteiger charge is -2.31. The standard InChI is InChI=1S/C14H14ClNO5/c1-14(13(18)19)3-2-4-16(14)12(17)8-5-9(15)11-10(6-8)20-7-21-11/h5-6H,2-4,7H2,1H3,(H,18,19). The lowest BCUT2D eigenvalue weighted by molar-refractivity contribution is -0.147. The molecule has 1 fully saturated rings. The van der Waals surface area contributed by atoms with E-state index in [4.69, 9.17) is 21.1 Å². The molecular formula is C14H14ClNO5. The van der Waals surface area contributed by atoms with Gasteiger partial charge in [-0.3, -0.25) is 4.79 Å². The lowest BCUT2D eigenvalue weighted by atomic mass is 9.98. The van der Waals surface area contributed by atoms with E-state index in [9.17, 15) is 14.7 Å². The average molecular weight is 312 g/mol. The van der Waals surface area contributed by atoms with Gasteiger partial charge in [-0.25, -0.2) is 4.79 Å². The Bertz CT molecular complexity index is 632. The number of rotatable bonds is 2. The van der Waals surface area contributed by atoms with Crippen molar-refractivity contribution >= 4 is 23.5 Å². The van der Waals surface area contributed by atoms with Gasteiger partial charge in [-0.1, -0.05) is 11.6 Å². The molecule has 1 aromatic rings. The molecular weight excluding hydrogens is 298 g/mol. The van der Waals surface area contributed by atoms with Crippen LogP contribution in [-0.4, -0.2) is 40.8 Å². The number of amides is 1. The number of likely N-dealkylation sites (tertiary alicyclic amines) is 1. The summed E-state index contributed by atoms with van der Waals surface area (Å²) < 4.78 is 10.4. The van der Waals surface area contributed by atoms with Gasteiger partial charge in [-0.05, 0) is 31.9 Å². The smallest absolute Gasteiger partial charge is 0.329 e. The molecule has 0 aliphatic carbocycles. The van der Waals surface area contributed by atoms with E-state index >= 15 is 0 Å². The molecule has 1 atom stereocenters. The van der Waals surface area contributed by atoms with Gasteiger partial charge in [0.2, 0.25) is 6.79 Å². The molecule has 0 aromatic heterocycles. The van der Waals surface area contributed by atoms with Gasteiger partial charge >= 0.3 is 5.97 Å². The Hall–Kier alpha value is -1.95. The maximum Gasteiger partial charge on any atom is 0.329 e. The second-order valence-electron chi connectivity index (χ2n) is 5.33. The number of ether oxygens (including phenoxy) is 2. The Morgan fingerprint density at radius 1 is 1.38 bits per heavy atom. The van der Waals surface area contributed by atoms with Gasteiger partial charge in [-0.15, -0.1) is 0 Å². The first-order chi connectivity index (χ1) is 9.93. The van der Waals surface area contributed by atoms with Crippen molar-refractivity contribution in [3.05, 3.63) is 22.7 Å². The Kier molecular flexibility index (Phi) is 3.20. The maximum atomic E-state index is 12.6. The summed E-state index contributed by atoms with van der Waals surface area (Å²) in [5.41, 5.74) is -0.876. The second-order valence-corrected chi connectivity index (χ2v) is 5.74. The zero-order valence-electron chi connectivity index (χ0n) is 11.4. The summed E-state index contributed by atoms with van der Waals surface area (Å²) in [6.45, 7) is 2.03. The van der Waals surface area contributed by atoms with Crippen molar-refractivity contribution in [2.45, 2.75) is 25.3 Å². The number of nitrogens with zero attached hydrogens (tertiary/aromatic N) is 1. The summed E-state index contributed by atoms with van der Waals surface area (Å²) in [4.78, 5) is 25.5. The summed E-state index contributed by atoms with van der Waals surface area (Å²) in [5, 5.41) is 9.67. The zero-order chi connectivity index (χ0) is 15.2. The van der Waals surface area contributed by atoms with Gasteiger partial charge in [0.05, 0.1) is 5.02 Å². The first kappa shape index (κ1) is 14.0. The van der Waals surface area contributed by atoms with E-state index in [1.165, 1.54) is 17.0 Å². The van der Waals surface area contributed by atoms with Gasteiger partial charge in [0.15, 0.2) is 11.5 Å². The molecule has 1 unspecified atom stereocenters. The van der Waals surface area contributed by atoms with Crippen molar-refractivity contribution in [2.24, 2.45) is 0 Å². The molecule has 112 valence electrons. The number of carbonyl (C=O) groups is 2. The topological polar surface area (TPSA) is 76.1 Å². The lowest BCUT2D eigenvalue weighted by Crippen LogP contribution is -2.50. The third kappa shape index (κ3) is 2.10. The number of hydrogen-bond acceptors (Lipinski definition) is 4. The molecule has 3 rings (SSSR count). The van der Waals surface area contributed by atoms with Crippen molar-refractivity contribution in [1.82, 2.24) is 4.90 Å². The SMILES string of the molecule is CC1(C(=O)O)CCCN1C(=O)c1cc(Cl)c2c(c1)OCO2. The van der Waals surface area contributed by atoms with E-state index in [0.717, 1.165) is 0 Å². The van der Waals surface area contributed by atoms with Crippen LogP contribution in [-0.2, 0) is 4.79 Å². The first-order valence-electron chi connectivity index (χ1n) is 6.58. The van der Waals surface area contributed by atoms with Gasteiger partial charge in [0, 0.05) is 12.1 Å². The fourth-order valence-electron chi connectivity index (χ4n) is 2.76. The molecule has 7 heteroatoms. The number of halogens is 1. The molecule has 0 spiro atoms. The van der Waals surface area contributed by atoms with Crippen molar-refractivity contribution < 1.29 is 24.2 Å². The predicted molar refractivity (Wildman–Crippen MR) is 73.9 cm³/mol. The molecule has 2 heterocycles. The van der Waals surface area contributed by atoms with Crippen LogP contribution in [0.25, 0.3) is 0 Å². The Balaban J connectivity index is 1.96. The largest absolute Gasteiger partial charge is 0.480 e. The van der Waals surface area contributed by atoms with E-state index in [1.54, 1.807) is 6.92 Å². The summed E-state index contributed by atoms with van der Waals surface area (Å²) in [5.74, 6) is -0.546. The molecule has 0 bridgehead atoms. The van der Waals surface area contributed by atoms with E-state index < -0.39 is 11.5 Å². The number of aliphatic carboxylic acids is 1. The van der Waals surface area contributed by atoms with Crippen LogP contribution >= 0.6 is 11.6 Å². The molecule has 0 radical (unpaired) electrons. The minimum Gasteiger partial charge on any atom is -0.480 e. The van der Waals surface area contributed by atoms with E-state index in [-0.39, 0.29) is 17.7 Å². The average Bonchev–Trinajstić information content (AvgIpc) is 3.05. The first-order valence-corrected chi connectivity index (χ1v) is 6.96. The highest BCUT2D eigenvalue weighted by Gasteiger charge is 2.46. The number of carboxylic acids is 1. The number of fused-ring (bicyclic) bond motifs is 1. The van der Waals surface area contributed by atoms with Crippen molar-refractivity contribution in [2.75, 3.05) is 13.3 Å². The Morgan fingerprint density at radius 3 is 2.86 bits per heavy atom. The van der Waals surface area contributed by atoms with Gasteiger partial charge in [-0.2, -0.15) is 0 Å². The third-order valence-corrected chi connectivity index (χ3v) is 4.30. The highest BCUT2D eigenvalue weighted by molar-refractivity contribution is 6.32. The molecule has 1 saturated heterocycles. The Morgan fingerprint density at radius 2 is 2.14 bits per heavy atom. The molecule has 1 N–H and O–H groups in total. The molecule has 2 aliphatic rings. The van der Waals surface area contributed by atoms with Crippen LogP contribution in [0.2, 0.25) is 5.02 Å². The highest BCUT2D eigenvalue weighted by atomic mass is 35.5. The van der Waals surface area contributed by atoms with E-state index in [2.05, 4.69) is 0 Å². The van der Waals surface area contributed by atoms with E-state index in [0.29, 0.717) is 36.4 Å². The second kappa shape index (κ2) is 4.80. The van der Waals surface area contributed by atoms with Crippen LogP contribution in [0.15, 0.2) is 12.1 Å². The fourth-order valence-corrected chi connectivity index (χ4v) is 3.02. The van der Waals surface area contributed by atoms with Gasteiger partial charge < -0.3 is 19.5 Å². The van der Waals surface area contributed by atoms with E-state index in [1.807, 2.05) is 0 Å². The summed E-state index contributed by atoms with van der Waals surface area (Å²) in [7, 11) is 0.